The average Bonchev–Trinajstić information content (AvgIpc) is 2.93. The molecule has 0 saturated heterocycles. The first-order valence-corrected chi connectivity index (χ1v) is 7.29. The predicted molar refractivity (Wildman–Crippen MR) is 82.2 cm³/mol. The third kappa shape index (κ3) is 3.84. The molecular weight excluding hydrogens is 282 g/mol. The summed E-state index contributed by atoms with van der Waals surface area (Å²) in [6, 6.07) is 7.38. The number of hydrogen-bond donors (Lipinski definition) is 0. The molecule has 118 valence electrons. The number of ether oxygens (including phenoxy) is 2. The molecule has 0 spiro atoms. The molecule has 0 aliphatic rings. The number of aryl methyl sites for hydroxylation is 1. The molecule has 0 saturated carbocycles. The summed E-state index contributed by atoms with van der Waals surface area (Å²) in [5.41, 5.74) is 1.00. The van der Waals surface area contributed by atoms with Crippen molar-refractivity contribution >= 4 is 6.29 Å². The molecule has 1 heterocycles. The lowest BCUT2D eigenvalue weighted by Crippen LogP contribution is -2.11. The van der Waals surface area contributed by atoms with Gasteiger partial charge in [0.15, 0.2) is 23.5 Å². The maximum Gasteiger partial charge on any atom is 0.172 e. The minimum atomic E-state index is 0.222. The van der Waals surface area contributed by atoms with E-state index in [1.165, 1.54) is 0 Å². The monoisotopic (exact) mass is 303 g/mol. The van der Waals surface area contributed by atoms with Gasteiger partial charge in [0.1, 0.15) is 12.3 Å². The number of hydrogen-bond acceptors (Lipinski definition) is 5. The van der Waals surface area contributed by atoms with Gasteiger partial charge in [-0.3, -0.25) is 4.79 Å². The second kappa shape index (κ2) is 7.59. The first kappa shape index (κ1) is 16.0. The molecule has 22 heavy (non-hydrogen) atoms. The van der Waals surface area contributed by atoms with Crippen molar-refractivity contribution in [3.05, 3.63) is 35.7 Å². The Labute approximate surface area is 130 Å². The minimum absolute atomic E-state index is 0.222. The molecule has 0 aliphatic heterocycles. The SMILES string of the molecule is COc1ccccc1OCc1c(C=O)nnn1CCC(C)C. The molecule has 0 aliphatic carbocycles. The molecule has 1 aromatic carbocycles. The van der Waals surface area contributed by atoms with Gasteiger partial charge < -0.3 is 9.47 Å². The molecule has 0 N–H and O–H groups in total. The van der Waals surface area contributed by atoms with Crippen LogP contribution in [0.5, 0.6) is 11.5 Å². The third-order valence-electron chi connectivity index (χ3n) is 3.33. The van der Waals surface area contributed by atoms with Crippen molar-refractivity contribution < 1.29 is 14.3 Å². The lowest BCUT2D eigenvalue weighted by atomic mass is 10.1. The van der Waals surface area contributed by atoms with Crippen molar-refractivity contribution in [1.82, 2.24) is 15.0 Å². The summed E-state index contributed by atoms with van der Waals surface area (Å²) in [5, 5.41) is 7.94. The maximum atomic E-state index is 11.1. The summed E-state index contributed by atoms with van der Waals surface area (Å²) < 4.78 is 12.8. The van der Waals surface area contributed by atoms with Gasteiger partial charge in [-0.15, -0.1) is 5.10 Å². The van der Waals surface area contributed by atoms with E-state index in [-0.39, 0.29) is 6.61 Å². The van der Waals surface area contributed by atoms with Crippen molar-refractivity contribution in [2.75, 3.05) is 7.11 Å². The van der Waals surface area contributed by atoms with Gasteiger partial charge in [-0.25, -0.2) is 4.68 Å². The topological polar surface area (TPSA) is 66.2 Å². The fourth-order valence-electron chi connectivity index (χ4n) is 2.03. The van der Waals surface area contributed by atoms with Crippen molar-refractivity contribution in [1.29, 1.82) is 0 Å². The molecule has 0 unspecified atom stereocenters. The van der Waals surface area contributed by atoms with Crippen LogP contribution in [0.4, 0.5) is 0 Å². The molecule has 2 aromatic rings. The highest BCUT2D eigenvalue weighted by Crippen LogP contribution is 2.26. The van der Waals surface area contributed by atoms with Crippen LogP contribution < -0.4 is 9.47 Å². The largest absolute Gasteiger partial charge is 0.493 e. The summed E-state index contributed by atoms with van der Waals surface area (Å²) in [6.07, 6.45) is 1.67. The number of carbonyl (C=O) groups excluding carboxylic acids is 1. The second-order valence-corrected chi connectivity index (χ2v) is 5.38. The Balaban J connectivity index is 2.14. The van der Waals surface area contributed by atoms with Crippen molar-refractivity contribution in [2.45, 2.75) is 33.4 Å². The maximum absolute atomic E-state index is 11.1. The van der Waals surface area contributed by atoms with Crippen LogP contribution in [0, 0.1) is 5.92 Å². The van der Waals surface area contributed by atoms with E-state index >= 15 is 0 Å². The van der Waals surface area contributed by atoms with Crippen LogP contribution in [-0.4, -0.2) is 28.4 Å². The van der Waals surface area contributed by atoms with Gasteiger partial charge in [0, 0.05) is 6.54 Å². The van der Waals surface area contributed by atoms with E-state index in [4.69, 9.17) is 9.47 Å². The van der Waals surface area contributed by atoms with Gasteiger partial charge in [-0.05, 0) is 24.5 Å². The van der Waals surface area contributed by atoms with Crippen LogP contribution in [0.2, 0.25) is 0 Å². The summed E-state index contributed by atoms with van der Waals surface area (Å²) in [6.45, 7) is 5.22. The lowest BCUT2D eigenvalue weighted by Gasteiger charge is -2.12. The van der Waals surface area contributed by atoms with E-state index in [0.717, 1.165) is 6.42 Å². The van der Waals surface area contributed by atoms with Gasteiger partial charge in [-0.1, -0.05) is 31.2 Å². The molecule has 6 heteroatoms. The Morgan fingerprint density at radius 2 is 2.00 bits per heavy atom. The lowest BCUT2D eigenvalue weighted by molar-refractivity contribution is 0.111. The van der Waals surface area contributed by atoms with Crippen molar-refractivity contribution in [3.63, 3.8) is 0 Å². The molecule has 0 bridgehead atoms. The van der Waals surface area contributed by atoms with Crippen molar-refractivity contribution in [2.24, 2.45) is 5.92 Å². The van der Waals surface area contributed by atoms with Crippen LogP contribution in [0.1, 0.15) is 36.5 Å². The predicted octanol–water partition coefficient (Wildman–Crippen LogP) is 2.72. The normalized spacial score (nSPS) is 10.7. The van der Waals surface area contributed by atoms with E-state index in [9.17, 15) is 4.79 Å². The number of nitrogens with zero attached hydrogens (tertiary/aromatic N) is 3. The smallest absolute Gasteiger partial charge is 0.172 e. The first-order valence-electron chi connectivity index (χ1n) is 7.29. The number of aldehydes is 1. The highest BCUT2D eigenvalue weighted by Gasteiger charge is 2.14. The molecule has 2 rings (SSSR count). The van der Waals surface area contributed by atoms with Crippen LogP contribution in [0.25, 0.3) is 0 Å². The number of carbonyl (C=O) groups is 1. The molecular formula is C16H21N3O3. The van der Waals surface area contributed by atoms with Gasteiger partial charge in [-0.2, -0.15) is 0 Å². The standard InChI is InChI=1S/C16H21N3O3/c1-12(2)8-9-19-14(13(10-20)17-18-19)11-22-16-7-5-4-6-15(16)21-3/h4-7,10,12H,8-9,11H2,1-3H3. The number of aromatic nitrogens is 3. The fraction of sp³-hybridized carbons (Fsp3) is 0.438. The zero-order chi connectivity index (χ0) is 15.9. The number of methoxy groups -OCH3 is 1. The molecule has 0 radical (unpaired) electrons. The zero-order valence-corrected chi connectivity index (χ0v) is 13.2. The molecule has 6 nitrogen and oxygen atoms in total. The molecule has 0 amide bonds. The van der Waals surface area contributed by atoms with Gasteiger partial charge >= 0.3 is 0 Å². The molecule has 0 fully saturated rings. The molecule has 1 aromatic heterocycles. The number of rotatable bonds is 8. The minimum Gasteiger partial charge on any atom is -0.493 e. The van der Waals surface area contributed by atoms with Crippen LogP contribution >= 0.6 is 0 Å². The summed E-state index contributed by atoms with van der Waals surface area (Å²) in [7, 11) is 1.59. The van der Waals surface area contributed by atoms with Crippen LogP contribution in [0.3, 0.4) is 0 Å². The Morgan fingerprint density at radius 3 is 2.64 bits per heavy atom. The van der Waals surface area contributed by atoms with Crippen molar-refractivity contribution in [3.8, 4) is 11.5 Å². The quantitative estimate of drug-likeness (QED) is 0.701. The van der Waals surface area contributed by atoms with Gasteiger partial charge in [0.2, 0.25) is 0 Å². The average molecular weight is 303 g/mol. The first-order chi connectivity index (χ1) is 10.7. The second-order valence-electron chi connectivity index (χ2n) is 5.38. The van der Waals surface area contributed by atoms with E-state index in [1.807, 2.05) is 24.3 Å². The summed E-state index contributed by atoms with van der Waals surface area (Å²) in [5.74, 6) is 1.82. The Hall–Kier alpha value is -2.37. The molecule has 0 atom stereocenters. The Bertz CT molecular complexity index is 623. The van der Waals surface area contributed by atoms with E-state index in [2.05, 4.69) is 24.2 Å². The summed E-state index contributed by atoms with van der Waals surface area (Å²) >= 11 is 0. The van der Waals surface area contributed by atoms with E-state index in [1.54, 1.807) is 11.8 Å². The van der Waals surface area contributed by atoms with E-state index < -0.39 is 0 Å². The Kier molecular flexibility index (Phi) is 5.52. The van der Waals surface area contributed by atoms with Gasteiger partial charge in [0.25, 0.3) is 0 Å². The number of para-hydroxylation sites is 2. The fourth-order valence-corrected chi connectivity index (χ4v) is 2.03. The third-order valence-corrected chi connectivity index (χ3v) is 3.33. The van der Waals surface area contributed by atoms with E-state index in [0.29, 0.717) is 41.6 Å². The number of benzene rings is 1. The summed E-state index contributed by atoms with van der Waals surface area (Å²) in [4.78, 5) is 11.1. The highest BCUT2D eigenvalue weighted by atomic mass is 16.5. The van der Waals surface area contributed by atoms with Gasteiger partial charge in [0.05, 0.1) is 7.11 Å². The Morgan fingerprint density at radius 1 is 1.27 bits per heavy atom. The highest BCUT2D eigenvalue weighted by molar-refractivity contribution is 5.73. The van der Waals surface area contributed by atoms with Crippen LogP contribution in [-0.2, 0) is 13.2 Å². The zero-order valence-electron chi connectivity index (χ0n) is 13.2. The van der Waals surface area contributed by atoms with Crippen LogP contribution in [0.15, 0.2) is 24.3 Å².